The van der Waals surface area contributed by atoms with Crippen molar-refractivity contribution in [2.24, 2.45) is 0 Å². The van der Waals surface area contributed by atoms with E-state index in [0.717, 1.165) is 38.1 Å². The van der Waals surface area contributed by atoms with Crippen LogP contribution >= 0.6 is 0 Å². The Bertz CT molecular complexity index is 486. The number of hydrogen-bond acceptors (Lipinski definition) is 3. The normalized spacial score (nSPS) is 24.1. The minimum Gasteiger partial charge on any atom is -0.494 e. The Kier molecular flexibility index (Phi) is 4.98. The van der Waals surface area contributed by atoms with Crippen molar-refractivity contribution in [3.05, 3.63) is 29.8 Å². The van der Waals surface area contributed by atoms with Crippen LogP contribution < -0.4 is 10.1 Å². The standard InChI is InChI=1S/C18H26N2O2/c1-2-22-17-8-3-14(4-9-17)5-10-18(21)20-15-6-7-16(20)13-19-12-11-15/h3-4,8-9,15-16,19H,2,5-7,10-13H2,1H3. The van der Waals surface area contributed by atoms with E-state index in [1.165, 1.54) is 12.0 Å². The minimum absolute atomic E-state index is 0.324. The Morgan fingerprint density at radius 1 is 1.23 bits per heavy atom. The molecule has 2 aliphatic heterocycles. The van der Waals surface area contributed by atoms with Gasteiger partial charge in [-0.1, -0.05) is 12.1 Å². The van der Waals surface area contributed by atoms with E-state index in [1.54, 1.807) is 0 Å². The lowest BCUT2D eigenvalue weighted by molar-refractivity contribution is -0.133. The molecule has 2 fully saturated rings. The first-order valence-corrected chi connectivity index (χ1v) is 8.51. The fourth-order valence-corrected chi connectivity index (χ4v) is 3.69. The van der Waals surface area contributed by atoms with Gasteiger partial charge in [-0.25, -0.2) is 0 Å². The zero-order chi connectivity index (χ0) is 15.4. The van der Waals surface area contributed by atoms with Crippen molar-refractivity contribution in [3.63, 3.8) is 0 Å². The summed E-state index contributed by atoms with van der Waals surface area (Å²) in [4.78, 5) is 14.8. The van der Waals surface area contributed by atoms with Gasteiger partial charge in [-0.15, -0.1) is 0 Å². The molecule has 3 rings (SSSR count). The molecule has 0 radical (unpaired) electrons. The van der Waals surface area contributed by atoms with Crippen LogP contribution in [-0.4, -0.2) is 42.6 Å². The Morgan fingerprint density at radius 2 is 2.00 bits per heavy atom. The van der Waals surface area contributed by atoms with E-state index in [-0.39, 0.29) is 0 Å². The molecule has 2 heterocycles. The molecule has 2 atom stereocenters. The third-order valence-electron chi connectivity index (χ3n) is 4.80. The number of amides is 1. The van der Waals surface area contributed by atoms with Gasteiger partial charge in [0.1, 0.15) is 5.75 Å². The predicted molar refractivity (Wildman–Crippen MR) is 87.1 cm³/mol. The van der Waals surface area contributed by atoms with Gasteiger partial charge < -0.3 is 15.0 Å². The number of benzene rings is 1. The number of carbonyl (C=O) groups excluding carboxylic acids is 1. The fraction of sp³-hybridized carbons (Fsp3) is 0.611. The lowest BCUT2D eigenvalue weighted by atomic mass is 10.1. The van der Waals surface area contributed by atoms with E-state index in [0.29, 0.717) is 31.0 Å². The largest absolute Gasteiger partial charge is 0.494 e. The quantitative estimate of drug-likeness (QED) is 0.908. The molecule has 2 aliphatic rings. The molecular weight excluding hydrogens is 276 g/mol. The molecular formula is C18H26N2O2. The zero-order valence-corrected chi connectivity index (χ0v) is 13.4. The van der Waals surface area contributed by atoms with Crippen molar-refractivity contribution in [1.82, 2.24) is 10.2 Å². The van der Waals surface area contributed by atoms with Crippen LogP contribution in [0.15, 0.2) is 24.3 Å². The summed E-state index contributed by atoms with van der Waals surface area (Å²) in [6.45, 7) is 4.68. The molecule has 2 saturated heterocycles. The molecule has 22 heavy (non-hydrogen) atoms. The van der Waals surface area contributed by atoms with Gasteiger partial charge in [0.05, 0.1) is 6.61 Å². The van der Waals surface area contributed by atoms with Gasteiger partial charge in [0.2, 0.25) is 5.91 Å². The lowest BCUT2D eigenvalue weighted by Gasteiger charge is -2.28. The molecule has 2 bridgehead atoms. The maximum atomic E-state index is 12.6. The van der Waals surface area contributed by atoms with E-state index in [4.69, 9.17) is 4.74 Å². The van der Waals surface area contributed by atoms with Crippen LogP contribution in [0.4, 0.5) is 0 Å². The highest BCUT2D eigenvalue weighted by Gasteiger charge is 2.37. The van der Waals surface area contributed by atoms with E-state index in [9.17, 15) is 4.79 Å². The number of hydrogen-bond donors (Lipinski definition) is 1. The highest BCUT2D eigenvalue weighted by atomic mass is 16.5. The van der Waals surface area contributed by atoms with E-state index in [1.807, 2.05) is 19.1 Å². The molecule has 0 aromatic heterocycles. The van der Waals surface area contributed by atoms with Gasteiger partial charge in [0, 0.05) is 25.0 Å². The Hall–Kier alpha value is -1.55. The monoisotopic (exact) mass is 302 g/mol. The Morgan fingerprint density at radius 3 is 2.77 bits per heavy atom. The molecule has 0 spiro atoms. The summed E-state index contributed by atoms with van der Waals surface area (Å²) in [5.41, 5.74) is 1.21. The summed E-state index contributed by atoms with van der Waals surface area (Å²) < 4.78 is 5.45. The van der Waals surface area contributed by atoms with Crippen LogP contribution in [0.25, 0.3) is 0 Å². The average Bonchev–Trinajstić information content (AvgIpc) is 2.80. The van der Waals surface area contributed by atoms with Crippen LogP contribution in [0.5, 0.6) is 5.75 Å². The van der Waals surface area contributed by atoms with Crippen LogP contribution in [0, 0.1) is 0 Å². The Labute approximate surface area is 132 Å². The molecule has 4 nitrogen and oxygen atoms in total. The first-order valence-electron chi connectivity index (χ1n) is 8.51. The first-order chi connectivity index (χ1) is 10.8. The van der Waals surface area contributed by atoms with Gasteiger partial charge in [0.25, 0.3) is 0 Å². The summed E-state index contributed by atoms with van der Waals surface area (Å²) in [6, 6.07) is 8.99. The average molecular weight is 302 g/mol. The molecule has 1 amide bonds. The summed E-state index contributed by atoms with van der Waals surface area (Å²) >= 11 is 0. The number of rotatable bonds is 5. The first kappa shape index (κ1) is 15.3. The zero-order valence-electron chi connectivity index (χ0n) is 13.4. The highest BCUT2D eigenvalue weighted by molar-refractivity contribution is 5.77. The van der Waals surface area contributed by atoms with E-state index >= 15 is 0 Å². The number of aryl methyl sites for hydroxylation is 1. The smallest absolute Gasteiger partial charge is 0.223 e. The van der Waals surface area contributed by atoms with Gasteiger partial charge in [0.15, 0.2) is 0 Å². The SMILES string of the molecule is CCOc1ccc(CCC(=O)N2C3CCNCC2CC3)cc1. The number of nitrogens with one attached hydrogen (secondary N) is 1. The molecule has 0 saturated carbocycles. The van der Waals surface area contributed by atoms with Crippen LogP contribution in [0.3, 0.4) is 0 Å². The van der Waals surface area contributed by atoms with Crippen LogP contribution in [0.2, 0.25) is 0 Å². The van der Waals surface area contributed by atoms with Gasteiger partial charge in [-0.05, 0) is 56.8 Å². The maximum absolute atomic E-state index is 12.6. The lowest BCUT2D eigenvalue weighted by Crippen LogP contribution is -2.42. The van der Waals surface area contributed by atoms with Crippen LogP contribution in [-0.2, 0) is 11.2 Å². The van der Waals surface area contributed by atoms with Crippen molar-refractivity contribution < 1.29 is 9.53 Å². The topological polar surface area (TPSA) is 41.6 Å². The van der Waals surface area contributed by atoms with Gasteiger partial charge in [-0.2, -0.15) is 0 Å². The van der Waals surface area contributed by atoms with Gasteiger partial charge in [-0.3, -0.25) is 4.79 Å². The van der Waals surface area contributed by atoms with Crippen molar-refractivity contribution in [1.29, 1.82) is 0 Å². The van der Waals surface area contributed by atoms with E-state index < -0.39 is 0 Å². The second-order valence-corrected chi connectivity index (χ2v) is 6.26. The van der Waals surface area contributed by atoms with Crippen molar-refractivity contribution >= 4 is 5.91 Å². The van der Waals surface area contributed by atoms with E-state index in [2.05, 4.69) is 22.3 Å². The summed E-state index contributed by atoms with van der Waals surface area (Å²) in [6.07, 6.45) is 4.87. The maximum Gasteiger partial charge on any atom is 0.223 e. The molecule has 1 N–H and O–H groups in total. The van der Waals surface area contributed by atoms with Crippen LogP contribution in [0.1, 0.15) is 38.2 Å². The molecule has 1 aromatic carbocycles. The summed E-state index contributed by atoms with van der Waals surface area (Å²) in [7, 11) is 0. The second kappa shape index (κ2) is 7.14. The van der Waals surface area contributed by atoms with Crippen molar-refractivity contribution in [2.45, 2.75) is 51.1 Å². The summed E-state index contributed by atoms with van der Waals surface area (Å²) in [5.74, 6) is 1.22. The molecule has 0 aliphatic carbocycles. The number of fused-ring (bicyclic) bond motifs is 2. The van der Waals surface area contributed by atoms with Gasteiger partial charge >= 0.3 is 0 Å². The van der Waals surface area contributed by atoms with Crippen molar-refractivity contribution in [2.75, 3.05) is 19.7 Å². The molecule has 1 aromatic rings. The summed E-state index contributed by atoms with van der Waals surface area (Å²) in [5, 5.41) is 3.45. The third-order valence-corrected chi connectivity index (χ3v) is 4.80. The van der Waals surface area contributed by atoms with Crippen molar-refractivity contribution in [3.8, 4) is 5.75 Å². The highest BCUT2D eigenvalue weighted by Crippen LogP contribution is 2.28. The number of ether oxygens (including phenoxy) is 1. The third kappa shape index (κ3) is 3.43. The molecule has 4 heteroatoms. The Balaban J connectivity index is 1.55. The molecule has 2 unspecified atom stereocenters. The predicted octanol–water partition coefficient (Wildman–Crippen LogP) is 2.37. The molecule has 120 valence electrons. The fourth-order valence-electron chi connectivity index (χ4n) is 3.69. The second-order valence-electron chi connectivity index (χ2n) is 6.26. The number of carbonyl (C=O) groups is 1. The number of nitrogens with zero attached hydrogens (tertiary/aromatic N) is 1. The minimum atomic E-state index is 0.324.